The first-order chi connectivity index (χ1) is 21.3. The summed E-state index contributed by atoms with van der Waals surface area (Å²) in [6, 6.07) is 0. The number of esters is 2. The molecule has 0 aliphatic carbocycles. The molecule has 0 rings (SSSR count). The number of unbranched alkanes of at least 4 members (excludes halogenated alkanes) is 18. The molecule has 44 heavy (non-hydrogen) atoms. The lowest BCUT2D eigenvalue weighted by atomic mass is 10.1. The van der Waals surface area contributed by atoms with E-state index >= 15 is 0 Å². The molecule has 10 heteroatoms. The zero-order valence-corrected chi connectivity index (χ0v) is 29.0. The molecular formula is C34H66NO8P. The van der Waals surface area contributed by atoms with Crippen molar-refractivity contribution in [1.29, 1.82) is 0 Å². The van der Waals surface area contributed by atoms with Gasteiger partial charge < -0.3 is 20.1 Å². The van der Waals surface area contributed by atoms with Crippen LogP contribution in [0.2, 0.25) is 0 Å². The Kier molecular flexibility index (Phi) is 30.8. The van der Waals surface area contributed by atoms with E-state index in [1.165, 1.54) is 77.0 Å². The number of nitrogens with two attached hydrogens (primary N) is 1. The van der Waals surface area contributed by atoms with Crippen molar-refractivity contribution in [2.75, 3.05) is 26.4 Å². The molecule has 0 amide bonds. The SMILES string of the molecule is CCCCCC/C=C\CCCCCCCC(=O)OC(COC(=O)CCCCCCCCCCCC)COP(=O)(O)OCCN. The minimum absolute atomic E-state index is 0.0543. The number of hydrogen-bond donors (Lipinski definition) is 2. The smallest absolute Gasteiger partial charge is 0.462 e. The van der Waals surface area contributed by atoms with Gasteiger partial charge >= 0.3 is 19.8 Å². The van der Waals surface area contributed by atoms with Crippen LogP contribution in [0.3, 0.4) is 0 Å². The Hall–Kier alpha value is -1.25. The molecule has 0 fully saturated rings. The van der Waals surface area contributed by atoms with Gasteiger partial charge in [-0.3, -0.25) is 18.6 Å². The van der Waals surface area contributed by atoms with Gasteiger partial charge in [0.05, 0.1) is 13.2 Å². The number of phosphoric ester groups is 1. The molecule has 0 aromatic rings. The fourth-order valence-corrected chi connectivity index (χ4v) is 5.51. The van der Waals surface area contributed by atoms with Crippen LogP contribution in [0.4, 0.5) is 0 Å². The second kappa shape index (κ2) is 31.7. The third kappa shape index (κ3) is 30.8. The molecule has 0 aliphatic heterocycles. The Bertz CT molecular complexity index is 749. The van der Waals surface area contributed by atoms with Gasteiger partial charge in [-0.2, -0.15) is 0 Å². The first-order valence-electron chi connectivity index (χ1n) is 17.7. The summed E-state index contributed by atoms with van der Waals surface area (Å²) < 4.78 is 32.5. The van der Waals surface area contributed by atoms with E-state index in [0.717, 1.165) is 51.4 Å². The first-order valence-corrected chi connectivity index (χ1v) is 19.2. The molecule has 0 aromatic heterocycles. The first kappa shape index (κ1) is 42.8. The van der Waals surface area contributed by atoms with Crippen LogP contribution in [0.25, 0.3) is 0 Å². The molecule has 2 atom stereocenters. The van der Waals surface area contributed by atoms with Crippen molar-refractivity contribution in [2.45, 2.75) is 168 Å². The molecule has 0 saturated heterocycles. The molecule has 0 saturated carbocycles. The highest BCUT2D eigenvalue weighted by atomic mass is 31.2. The van der Waals surface area contributed by atoms with Gasteiger partial charge in [-0.1, -0.05) is 122 Å². The summed E-state index contributed by atoms with van der Waals surface area (Å²) in [7, 11) is -4.36. The summed E-state index contributed by atoms with van der Waals surface area (Å²) in [4.78, 5) is 34.5. The average Bonchev–Trinajstić information content (AvgIpc) is 3.00. The highest BCUT2D eigenvalue weighted by Crippen LogP contribution is 2.43. The van der Waals surface area contributed by atoms with Crippen LogP contribution in [-0.4, -0.2) is 49.3 Å². The van der Waals surface area contributed by atoms with Crippen LogP contribution in [-0.2, 0) is 32.7 Å². The Morgan fingerprint density at radius 2 is 1.11 bits per heavy atom. The molecule has 2 unspecified atom stereocenters. The van der Waals surface area contributed by atoms with Crippen LogP contribution in [0.1, 0.15) is 162 Å². The van der Waals surface area contributed by atoms with Gasteiger partial charge in [0, 0.05) is 19.4 Å². The van der Waals surface area contributed by atoms with Crippen LogP contribution in [0, 0.1) is 0 Å². The molecule has 0 aliphatic rings. The van der Waals surface area contributed by atoms with Gasteiger partial charge in [0.2, 0.25) is 0 Å². The Balaban J connectivity index is 4.27. The lowest BCUT2D eigenvalue weighted by molar-refractivity contribution is -0.161. The standard InChI is InChI=1S/C34H66NO8P/c1-3-5-7-9-11-13-15-16-17-19-21-23-25-27-34(37)43-32(31-42-44(38,39)41-29-28-35)30-40-33(36)26-24-22-20-18-14-12-10-8-6-4-2/h13,15,32H,3-12,14,16-31,35H2,1-2H3,(H,38,39)/b15-13-. The van der Waals surface area contributed by atoms with Crippen molar-refractivity contribution < 1.29 is 37.6 Å². The van der Waals surface area contributed by atoms with E-state index in [4.69, 9.17) is 24.3 Å². The van der Waals surface area contributed by atoms with Gasteiger partial charge in [0.25, 0.3) is 0 Å². The summed E-state index contributed by atoms with van der Waals surface area (Å²) in [6.07, 6.45) is 28.1. The monoisotopic (exact) mass is 647 g/mol. The largest absolute Gasteiger partial charge is 0.472 e. The van der Waals surface area contributed by atoms with Gasteiger partial charge in [0.15, 0.2) is 6.10 Å². The number of rotatable bonds is 33. The maximum Gasteiger partial charge on any atom is 0.472 e. The second-order valence-corrected chi connectivity index (χ2v) is 13.2. The predicted molar refractivity (Wildman–Crippen MR) is 178 cm³/mol. The zero-order valence-electron chi connectivity index (χ0n) is 28.2. The molecule has 0 aromatic carbocycles. The molecule has 0 spiro atoms. The van der Waals surface area contributed by atoms with Crippen LogP contribution in [0.5, 0.6) is 0 Å². The van der Waals surface area contributed by atoms with Crippen molar-refractivity contribution in [1.82, 2.24) is 0 Å². The number of hydrogen-bond acceptors (Lipinski definition) is 8. The van der Waals surface area contributed by atoms with Crippen molar-refractivity contribution in [3.05, 3.63) is 12.2 Å². The van der Waals surface area contributed by atoms with Gasteiger partial charge in [0.1, 0.15) is 6.61 Å². The molecule has 3 N–H and O–H groups in total. The minimum Gasteiger partial charge on any atom is -0.462 e. The lowest BCUT2D eigenvalue weighted by Crippen LogP contribution is -2.29. The van der Waals surface area contributed by atoms with E-state index < -0.39 is 26.5 Å². The van der Waals surface area contributed by atoms with Crippen molar-refractivity contribution >= 4 is 19.8 Å². The molecule has 9 nitrogen and oxygen atoms in total. The lowest BCUT2D eigenvalue weighted by Gasteiger charge is -2.19. The van der Waals surface area contributed by atoms with E-state index in [1.807, 2.05) is 0 Å². The Morgan fingerprint density at radius 1 is 0.659 bits per heavy atom. The van der Waals surface area contributed by atoms with E-state index in [9.17, 15) is 19.0 Å². The highest BCUT2D eigenvalue weighted by molar-refractivity contribution is 7.47. The van der Waals surface area contributed by atoms with E-state index in [-0.39, 0.29) is 38.6 Å². The van der Waals surface area contributed by atoms with E-state index in [0.29, 0.717) is 6.42 Å². The maximum atomic E-state index is 12.5. The van der Waals surface area contributed by atoms with Gasteiger partial charge in [-0.25, -0.2) is 4.57 Å². The van der Waals surface area contributed by atoms with E-state index in [2.05, 4.69) is 26.0 Å². The average molecular weight is 648 g/mol. The third-order valence-corrected chi connectivity index (χ3v) is 8.39. The number of phosphoric acid groups is 1. The van der Waals surface area contributed by atoms with Gasteiger partial charge in [-0.05, 0) is 38.5 Å². The van der Waals surface area contributed by atoms with Crippen molar-refractivity contribution in [3.8, 4) is 0 Å². The second-order valence-electron chi connectivity index (χ2n) is 11.7. The molecular weight excluding hydrogens is 581 g/mol. The summed E-state index contributed by atoms with van der Waals surface area (Å²) >= 11 is 0. The number of carbonyl (C=O) groups excluding carboxylic acids is 2. The van der Waals surface area contributed by atoms with Crippen LogP contribution in [0.15, 0.2) is 12.2 Å². The molecule has 0 bridgehead atoms. The maximum absolute atomic E-state index is 12.5. The van der Waals surface area contributed by atoms with Gasteiger partial charge in [-0.15, -0.1) is 0 Å². The third-order valence-electron chi connectivity index (χ3n) is 7.40. The zero-order chi connectivity index (χ0) is 32.6. The Labute approximate surface area is 269 Å². The quantitative estimate of drug-likeness (QED) is 0.0309. The topological polar surface area (TPSA) is 134 Å². The fraction of sp³-hybridized carbons (Fsp3) is 0.882. The highest BCUT2D eigenvalue weighted by Gasteiger charge is 2.25. The molecule has 0 heterocycles. The van der Waals surface area contributed by atoms with Crippen molar-refractivity contribution in [3.63, 3.8) is 0 Å². The number of carbonyl (C=O) groups is 2. The van der Waals surface area contributed by atoms with E-state index in [1.54, 1.807) is 0 Å². The minimum atomic E-state index is -4.36. The summed E-state index contributed by atoms with van der Waals surface area (Å²) in [5.74, 6) is -0.838. The summed E-state index contributed by atoms with van der Waals surface area (Å²) in [6.45, 7) is 3.68. The summed E-state index contributed by atoms with van der Waals surface area (Å²) in [5.41, 5.74) is 5.31. The number of allylic oxidation sites excluding steroid dienone is 2. The normalized spacial score (nSPS) is 13.6. The predicted octanol–water partition coefficient (Wildman–Crippen LogP) is 9.10. The van der Waals surface area contributed by atoms with Crippen molar-refractivity contribution in [2.24, 2.45) is 5.73 Å². The fourth-order valence-electron chi connectivity index (χ4n) is 4.74. The molecule has 0 radical (unpaired) electrons. The van der Waals surface area contributed by atoms with Crippen LogP contribution >= 0.6 is 7.82 Å². The molecule has 260 valence electrons. The number of ether oxygens (including phenoxy) is 2. The summed E-state index contributed by atoms with van der Waals surface area (Å²) in [5, 5.41) is 0. The Morgan fingerprint density at radius 3 is 1.64 bits per heavy atom. The van der Waals surface area contributed by atoms with Crippen LogP contribution < -0.4 is 5.73 Å².